The van der Waals surface area contributed by atoms with Gasteiger partial charge >= 0.3 is 23.9 Å². The molecule has 0 aliphatic heterocycles. The standard InChI is InChI=1S/C24H38O4.C16H22O4/c1-3-5-7-9-11-13-15-19-17-18-21(23(25)26)22(24(27)28)20(19)16-14-12-10-8-6-4-2;1-3-5-6-9-12(4-2)20-16(19)14-11-8-7-10-13(14)15(17)18/h17-18H,3-16H2,1-2H3,(H,25,26)(H,27,28);7-8,10-12H,3-6,9H2,1-2H3,(H,17,18). The average Bonchev–Trinajstić information content (AvgIpc) is 3.07. The molecule has 8 nitrogen and oxygen atoms in total. The summed E-state index contributed by atoms with van der Waals surface area (Å²) in [6.45, 7) is 8.47. The van der Waals surface area contributed by atoms with Crippen molar-refractivity contribution in [3.8, 4) is 0 Å². The number of hydrogen-bond donors (Lipinski definition) is 3. The molecule has 0 radical (unpaired) electrons. The molecule has 0 spiro atoms. The van der Waals surface area contributed by atoms with Crippen LogP contribution in [0.2, 0.25) is 0 Å². The zero-order chi connectivity index (χ0) is 35.7. The van der Waals surface area contributed by atoms with Crippen molar-refractivity contribution >= 4 is 23.9 Å². The number of ether oxygens (including phenoxy) is 1. The number of carbonyl (C=O) groups is 4. The number of aryl methyl sites for hydroxylation is 1. The number of carboxylic acids is 3. The van der Waals surface area contributed by atoms with Crippen LogP contribution in [0.3, 0.4) is 0 Å². The molecule has 0 heterocycles. The van der Waals surface area contributed by atoms with Crippen LogP contribution in [-0.4, -0.2) is 45.3 Å². The van der Waals surface area contributed by atoms with E-state index in [4.69, 9.17) is 9.84 Å². The van der Waals surface area contributed by atoms with E-state index in [-0.39, 0.29) is 28.4 Å². The van der Waals surface area contributed by atoms with Crippen LogP contribution in [0.4, 0.5) is 0 Å². The molecular weight excluding hydrogens is 608 g/mol. The monoisotopic (exact) mass is 668 g/mol. The second-order valence-corrected chi connectivity index (χ2v) is 12.6. The van der Waals surface area contributed by atoms with Crippen LogP contribution in [0.15, 0.2) is 36.4 Å². The topological polar surface area (TPSA) is 138 Å². The number of benzene rings is 2. The molecule has 2 rings (SSSR count). The summed E-state index contributed by atoms with van der Waals surface area (Å²) in [5, 5.41) is 28.2. The maximum atomic E-state index is 12.1. The number of unbranched alkanes of at least 4 members (excludes halogenated alkanes) is 12. The molecular formula is C40H60O8. The Morgan fingerprint density at radius 3 is 1.58 bits per heavy atom. The van der Waals surface area contributed by atoms with E-state index in [1.54, 1.807) is 12.1 Å². The molecule has 0 fully saturated rings. The first-order valence-corrected chi connectivity index (χ1v) is 18.3. The first-order chi connectivity index (χ1) is 23.1. The second kappa shape index (κ2) is 25.4. The molecule has 268 valence electrons. The quantitative estimate of drug-likeness (QED) is 0.0742. The van der Waals surface area contributed by atoms with Crippen LogP contribution in [-0.2, 0) is 17.6 Å². The summed E-state index contributed by atoms with van der Waals surface area (Å²) in [5.74, 6) is -3.95. The number of carboxylic acid groups (broad SMARTS) is 3. The highest BCUT2D eigenvalue weighted by Crippen LogP contribution is 2.25. The lowest BCUT2D eigenvalue weighted by Crippen LogP contribution is -2.19. The predicted octanol–water partition coefficient (Wildman–Crippen LogP) is 10.8. The molecule has 0 aliphatic carbocycles. The summed E-state index contributed by atoms with van der Waals surface area (Å²) in [6.07, 6.45) is 20.0. The Kier molecular flexibility index (Phi) is 22.4. The van der Waals surface area contributed by atoms with Gasteiger partial charge in [-0.2, -0.15) is 0 Å². The summed E-state index contributed by atoms with van der Waals surface area (Å²) < 4.78 is 5.42. The van der Waals surface area contributed by atoms with Gasteiger partial charge in [0.05, 0.1) is 22.3 Å². The average molecular weight is 669 g/mol. The van der Waals surface area contributed by atoms with Crippen molar-refractivity contribution in [3.63, 3.8) is 0 Å². The molecule has 2 aromatic rings. The Labute approximate surface area is 288 Å². The van der Waals surface area contributed by atoms with Crippen LogP contribution >= 0.6 is 0 Å². The van der Waals surface area contributed by atoms with Gasteiger partial charge in [-0.05, 0) is 74.3 Å². The van der Waals surface area contributed by atoms with Gasteiger partial charge in [0.25, 0.3) is 0 Å². The first kappa shape index (κ1) is 42.3. The maximum absolute atomic E-state index is 12.1. The minimum Gasteiger partial charge on any atom is -0.478 e. The minimum absolute atomic E-state index is 0.00420. The Morgan fingerprint density at radius 2 is 1.06 bits per heavy atom. The molecule has 1 unspecified atom stereocenters. The van der Waals surface area contributed by atoms with E-state index in [1.807, 2.05) is 13.0 Å². The van der Waals surface area contributed by atoms with E-state index < -0.39 is 23.9 Å². The molecule has 8 heteroatoms. The number of carbonyl (C=O) groups excluding carboxylic acids is 1. The van der Waals surface area contributed by atoms with E-state index >= 15 is 0 Å². The Morgan fingerprint density at radius 1 is 0.562 bits per heavy atom. The smallest absolute Gasteiger partial charge is 0.339 e. The van der Waals surface area contributed by atoms with Crippen molar-refractivity contribution in [2.24, 2.45) is 0 Å². The summed E-state index contributed by atoms with van der Waals surface area (Å²) in [4.78, 5) is 46.6. The summed E-state index contributed by atoms with van der Waals surface area (Å²) in [7, 11) is 0. The third-order valence-electron chi connectivity index (χ3n) is 8.67. The van der Waals surface area contributed by atoms with E-state index in [9.17, 15) is 29.4 Å². The fraction of sp³-hybridized carbons (Fsp3) is 0.600. The third kappa shape index (κ3) is 15.9. The fourth-order valence-electron chi connectivity index (χ4n) is 5.84. The summed E-state index contributed by atoms with van der Waals surface area (Å²) in [6, 6.07) is 9.46. The van der Waals surface area contributed by atoms with Gasteiger partial charge < -0.3 is 20.1 Å². The van der Waals surface area contributed by atoms with Crippen molar-refractivity contribution < 1.29 is 39.2 Å². The molecule has 3 N–H and O–H groups in total. The van der Waals surface area contributed by atoms with Gasteiger partial charge in [-0.3, -0.25) is 0 Å². The van der Waals surface area contributed by atoms with Crippen LogP contribution in [0.1, 0.15) is 189 Å². The lowest BCUT2D eigenvalue weighted by atomic mass is 9.89. The molecule has 0 saturated heterocycles. The zero-order valence-corrected chi connectivity index (χ0v) is 29.9. The van der Waals surface area contributed by atoms with Crippen molar-refractivity contribution in [3.05, 3.63) is 69.8 Å². The number of aromatic carboxylic acids is 3. The van der Waals surface area contributed by atoms with Crippen LogP contribution in [0.25, 0.3) is 0 Å². The Hall–Kier alpha value is -3.68. The van der Waals surface area contributed by atoms with Crippen molar-refractivity contribution in [2.45, 2.75) is 156 Å². The van der Waals surface area contributed by atoms with E-state index in [2.05, 4.69) is 20.8 Å². The maximum Gasteiger partial charge on any atom is 0.339 e. The Bertz CT molecular complexity index is 1250. The molecule has 0 bridgehead atoms. The fourth-order valence-corrected chi connectivity index (χ4v) is 5.84. The molecule has 48 heavy (non-hydrogen) atoms. The molecule has 0 amide bonds. The summed E-state index contributed by atoms with van der Waals surface area (Å²) in [5.41, 5.74) is 1.79. The largest absolute Gasteiger partial charge is 0.478 e. The molecule has 0 aromatic heterocycles. The zero-order valence-electron chi connectivity index (χ0n) is 29.9. The van der Waals surface area contributed by atoms with Gasteiger partial charge in [0, 0.05) is 0 Å². The molecule has 1 atom stereocenters. The normalized spacial score (nSPS) is 11.3. The molecule has 0 saturated carbocycles. The third-order valence-corrected chi connectivity index (χ3v) is 8.67. The number of hydrogen-bond acceptors (Lipinski definition) is 5. The van der Waals surface area contributed by atoms with Gasteiger partial charge in [-0.1, -0.05) is 123 Å². The molecule has 2 aromatic carbocycles. The SMILES string of the molecule is CCCCCC(CC)OC(=O)c1ccccc1C(=O)O.CCCCCCCCc1ccc(C(=O)O)c(C(=O)O)c1CCCCCCCC. The van der Waals surface area contributed by atoms with Gasteiger partial charge in [0.2, 0.25) is 0 Å². The molecule has 0 aliphatic rings. The van der Waals surface area contributed by atoms with Crippen LogP contribution in [0.5, 0.6) is 0 Å². The van der Waals surface area contributed by atoms with Crippen LogP contribution in [0, 0.1) is 0 Å². The number of esters is 1. The summed E-state index contributed by atoms with van der Waals surface area (Å²) >= 11 is 0. The van der Waals surface area contributed by atoms with Crippen LogP contribution < -0.4 is 0 Å². The van der Waals surface area contributed by atoms with E-state index in [0.29, 0.717) is 6.42 Å². The van der Waals surface area contributed by atoms with Gasteiger partial charge in [-0.25, -0.2) is 19.2 Å². The van der Waals surface area contributed by atoms with E-state index in [0.717, 1.165) is 81.8 Å². The lowest BCUT2D eigenvalue weighted by Gasteiger charge is -2.16. The Balaban J connectivity index is 0.000000507. The van der Waals surface area contributed by atoms with Crippen molar-refractivity contribution in [1.29, 1.82) is 0 Å². The van der Waals surface area contributed by atoms with Gasteiger partial charge in [-0.15, -0.1) is 0 Å². The number of rotatable bonds is 24. The van der Waals surface area contributed by atoms with Gasteiger partial charge in [0.1, 0.15) is 6.10 Å². The van der Waals surface area contributed by atoms with Gasteiger partial charge in [0.15, 0.2) is 0 Å². The highest BCUT2D eigenvalue weighted by molar-refractivity contribution is 6.03. The first-order valence-electron chi connectivity index (χ1n) is 18.3. The minimum atomic E-state index is -1.16. The van der Waals surface area contributed by atoms with E-state index in [1.165, 1.54) is 63.1 Å². The lowest BCUT2D eigenvalue weighted by molar-refractivity contribution is 0.0262. The van der Waals surface area contributed by atoms with Crippen molar-refractivity contribution in [1.82, 2.24) is 0 Å². The van der Waals surface area contributed by atoms with Crippen molar-refractivity contribution in [2.75, 3.05) is 0 Å². The highest BCUT2D eigenvalue weighted by Gasteiger charge is 2.23. The highest BCUT2D eigenvalue weighted by atomic mass is 16.5. The second-order valence-electron chi connectivity index (χ2n) is 12.6. The predicted molar refractivity (Wildman–Crippen MR) is 192 cm³/mol.